The molecule has 0 aliphatic carbocycles. The summed E-state index contributed by atoms with van der Waals surface area (Å²) in [6.07, 6.45) is 3.58. The summed E-state index contributed by atoms with van der Waals surface area (Å²) >= 11 is 0. The lowest BCUT2D eigenvalue weighted by atomic mass is 10.0. The van der Waals surface area contributed by atoms with Gasteiger partial charge in [-0.25, -0.2) is 9.97 Å². The summed E-state index contributed by atoms with van der Waals surface area (Å²) < 4.78 is 11.1. The quantitative estimate of drug-likeness (QED) is 0.624. The van der Waals surface area contributed by atoms with Crippen molar-refractivity contribution >= 4 is 16.8 Å². The Balaban J connectivity index is 1.39. The zero-order valence-corrected chi connectivity index (χ0v) is 16.8. The van der Waals surface area contributed by atoms with E-state index >= 15 is 0 Å². The molecule has 31 heavy (non-hydrogen) atoms. The van der Waals surface area contributed by atoms with E-state index < -0.39 is 11.5 Å². The molecule has 0 atom stereocenters. The van der Waals surface area contributed by atoms with Crippen LogP contribution in [0.5, 0.6) is 5.88 Å². The molecule has 1 amide bonds. The highest BCUT2D eigenvalue weighted by Gasteiger charge is 2.15. The molecule has 4 rings (SSSR count). The van der Waals surface area contributed by atoms with Crippen LogP contribution in [0.25, 0.3) is 10.9 Å². The Labute approximate surface area is 178 Å². The van der Waals surface area contributed by atoms with Gasteiger partial charge in [0.15, 0.2) is 5.82 Å². The molecule has 0 spiro atoms. The molecule has 1 aromatic carbocycles. The minimum absolute atomic E-state index is 0.0905. The third-order valence-electron chi connectivity index (χ3n) is 5.11. The summed E-state index contributed by atoms with van der Waals surface area (Å²) in [5.74, 6) is 0.361. The highest BCUT2D eigenvalue weighted by atomic mass is 16.5. The molecule has 1 saturated heterocycles. The second kappa shape index (κ2) is 9.36. The first-order valence-electron chi connectivity index (χ1n) is 10.0. The van der Waals surface area contributed by atoms with Gasteiger partial charge in [0.25, 0.3) is 11.5 Å². The smallest absolute Gasteiger partial charge is 0.287 e. The number of ether oxygens (including phenoxy) is 2. The van der Waals surface area contributed by atoms with Gasteiger partial charge in [-0.05, 0) is 48.6 Å². The van der Waals surface area contributed by atoms with E-state index in [2.05, 4.69) is 20.3 Å². The summed E-state index contributed by atoms with van der Waals surface area (Å²) in [5, 5.41) is 12.0. The van der Waals surface area contributed by atoms with Crippen molar-refractivity contribution in [1.29, 1.82) is 5.26 Å². The molecular weight excluding hydrogens is 398 g/mol. The van der Waals surface area contributed by atoms with E-state index in [9.17, 15) is 9.59 Å². The van der Waals surface area contributed by atoms with E-state index in [-0.39, 0.29) is 17.8 Å². The van der Waals surface area contributed by atoms with E-state index in [1.54, 1.807) is 30.5 Å². The van der Waals surface area contributed by atoms with Gasteiger partial charge in [0.2, 0.25) is 5.88 Å². The van der Waals surface area contributed by atoms with E-state index in [1.165, 1.54) is 6.07 Å². The Morgan fingerprint density at radius 2 is 2.13 bits per heavy atom. The Kier molecular flexibility index (Phi) is 6.19. The Hall–Kier alpha value is -3.77. The second-order valence-electron chi connectivity index (χ2n) is 7.31. The number of hydrogen-bond donors (Lipinski definition) is 2. The van der Waals surface area contributed by atoms with Gasteiger partial charge in [0.1, 0.15) is 0 Å². The van der Waals surface area contributed by atoms with Crippen molar-refractivity contribution in [2.75, 3.05) is 19.8 Å². The zero-order valence-electron chi connectivity index (χ0n) is 16.8. The maximum Gasteiger partial charge on any atom is 0.287 e. The molecule has 1 aliphatic rings. The van der Waals surface area contributed by atoms with Gasteiger partial charge >= 0.3 is 0 Å². The van der Waals surface area contributed by atoms with Crippen molar-refractivity contribution in [3.63, 3.8) is 0 Å². The molecule has 1 fully saturated rings. The molecule has 0 bridgehead atoms. The van der Waals surface area contributed by atoms with Crippen LogP contribution in [0.3, 0.4) is 0 Å². The van der Waals surface area contributed by atoms with Crippen molar-refractivity contribution in [3.05, 3.63) is 63.8 Å². The third kappa shape index (κ3) is 5.05. The lowest BCUT2D eigenvalue weighted by molar-refractivity contribution is 0.0490. The minimum Gasteiger partial charge on any atom is -0.477 e. The van der Waals surface area contributed by atoms with Crippen LogP contribution in [0.2, 0.25) is 0 Å². The van der Waals surface area contributed by atoms with Gasteiger partial charge < -0.3 is 19.8 Å². The first kappa shape index (κ1) is 20.5. The van der Waals surface area contributed by atoms with Gasteiger partial charge in [-0.3, -0.25) is 9.59 Å². The van der Waals surface area contributed by atoms with Crippen LogP contribution in [0.4, 0.5) is 0 Å². The summed E-state index contributed by atoms with van der Waals surface area (Å²) in [4.78, 5) is 35.7. The van der Waals surface area contributed by atoms with Crippen LogP contribution in [0.15, 0.2) is 41.3 Å². The number of nitrogens with one attached hydrogen (secondary N) is 2. The number of aromatic nitrogens is 3. The fraction of sp³-hybridized carbons (Fsp3) is 0.318. The number of H-pyrrole nitrogens is 1. The molecule has 3 aromatic rings. The van der Waals surface area contributed by atoms with Gasteiger partial charge in [0, 0.05) is 32.0 Å². The number of amides is 1. The third-order valence-corrected chi connectivity index (χ3v) is 5.11. The Morgan fingerprint density at radius 3 is 2.94 bits per heavy atom. The second-order valence-corrected chi connectivity index (χ2v) is 7.31. The Morgan fingerprint density at radius 1 is 1.29 bits per heavy atom. The average Bonchev–Trinajstić information content (AvgIpc) is 2.82. The fourth-order valence-electron chi connectivity index (χ4n) is 3.34. The number of benzene rings is 1. The van der Waals surface area contributed by atoms with Crippen molar-refractivity contribution < 1.29 is 14.3 Å². The van der Waals surface area contributed by atoms with Gasteiger partial charge in [-0.1, -0.05) is 0 Å². The molecule has 0 unspecified atom stereocenters. The predicted molar refractivity (Wildman–Crippen MR) is 112 cm³/mol. The summed E-state index contributed by atoms with van der Waals surface area (Å²) in [6, 6.07) is 10.1. The molecule has 2 N–H and O–H groups in total. The first-order valence-corrected chi connectivity index (χ1v) is 10.0. The van der Waals surface area contributed by atoms with Gasteiger partial charge in [-0.2, -0.15) is 5.26 Å². The molecule has 0 radical (unpaired) electrons. The largest absolute Gasteiger partial charge is 0.477 e. The number of aromatic amines is 1. The summed E-state index contributed by atoms with van der Waals surface area (Å²) in [7, 11) is 0. The van der Waals surface area contributed by atoms with E-state index in [0.717, 1.165) is 31.6 Å². The molecule has 9 nitrogen and oxygen atoms in total. The summed E-state index contributed by atoms with van der Waals surface area (Å²) in [6.45, 7) is 2.34. The SMILES string of the molecule is N#Cc1ccc2nc(C(=O)NCc3ccnc(OCC4CCOCC4)c3)[nH]c(=O)c2c1. The molecule has 9 heteroatoms. The van der Waals surface area contributed by atoms with Crippen LogP contribution in [0.1, 0.15) is 34.6 Å². The monoisotopic (exact) mass is 419 g/mol. The predicted octanol–water partition coefficient (Wildman–Crippen LogP) is 1.93. The molecule has 158 valence electrons. The number of pyridine rings is 1. The minimum atomic E-state index is -0.509. The van der Waals surface area contributed by atoms with Crippen molar-refractivity contribution in [3.8, 4) is 11.9 Å². The number of nitriles is 1. The maximum atomic E-state index is 12.5. The van der Waals surface area contributed by atoms with Crippen LogP contribution in [-0.2, 0) is 11.3 Å². The number of carbonyl (C=O) groups is 1. The topological polar surface area (TPSA) is 130 Å². The zero-order chi connectivity index (χ0) is 21.6. The van der Waals surface area contributed by atoms with Gasteiger partial charge in [0.05, 0.1) is 29.1 Å². The molecular formula is C22H21N5O4. The van der Waals surface area contributed by atoms with Crippen LogP contribution < -0.4 is 15.6 Å². The molecule has 3 heterocycles. The van der Waals surface area contributed by atoms with E-state index in [0.29, 0.717) is 29.5 Å². The van der Waals surface area contributed by atoms with Crippen LogP contribution >= 0.6 is 0 Å². The van der Waals surface area contributed by atoms with E-state index in [1.807, 2.05) is 6.07 Å². The van der Waals surface area contributed by atoms with Crippen molar-refractivity contribution in [1.82, 2.24) is 20.3 Å². The van der Waals surface area contributed by atoms with Crippen LogP contribution in [-0.4, -0.2) is 40.7 Å². The number of fused-ring (bicyclic) bond motifs is 1. The Bertz CT molecular complexity index is 1190. The number of hydrogen-bond acceptors (Lipinski definition) is 7. The molecule has 0 saturated carbocycles. The van der Waals surface area contributed by atoms with Gasteiger partial charge in [-0.15, -0.1) is 0 Å². The number of rotatable bonds is 6. The fourth-order valence-corrected chi connectivity index (χ4v) is 3.34. The van der Waals surface area contributed by atoms with Crippen molar-refractivity contribution in [2.45, 2.75) is 19.4 Å². The molecule has 2 aromatic heterocycles. The standard InChI is InChI=1S/C22H21N5O4/c23-11-15-1-2-18-17(9-15)21(28)27-20(26-18)22(29)25-12-16-3-6-24-19(10-16)31-13-14-4-7-30-8-5-14/h1-3,6,9-10,14H,4-5,7-8,12-13H2,(H,25,29)(H,26,27,28). The number of nitrogens with zero attached hydrogens (tertiary/aromatic N) is 3. The maximum absolute atomic E-state index is 12.5. The van der Waals surface area contributed by atoms with E-state index in [4.69, 9.17) is 14.7 Å². The summed E-state index contributed by atoms with van der Waals surface area (Å²) in [5.41, 5.74) is 1.04. The molecule has 1 aliphatic heterocycles. The van der Waals surface area contributed by atoms with Crippen LogP contribution in [0, 0.1) is 17.2 Å². The van der Waals surface area contributed by atoms with Crippen molar-refractivity contribution in [2.24, 2.45) is 5.92 Å². The number of carbonyl (C=O) groups excluding carboxylic acids is 1. The highest BCUT2D eigenvalue weighted by Crippen LogP contribution is 2.17. The lowest BCUT2D eigenvalue weighted by Crippen LogP contribution is -2.27. The first-order chi connectivity index (χ1) is 15.1. The normalized spacial score (nSPS) is 14.2. The highest BCUT2D eigenvalue weighted by molar-refractivity contribution is 5.92. The average molecular weight is 419 g/mol. The lowest BCUT2D eigenvalue weighted by Gasteiger charge is -2.21.